The lowest BCUT2D eigenvalue weighted by Crippen LogP contribution is -1.98. The molecule has 3 aromatic carbocycles. The SMILES string of the molecule is COc1cc(/C=C/C(=O)c2ccc(Cc3ccccc3)s2)ccc1OCc1ccc([N+](=O)[O-])cc1. The quantitative estimate of drug-likeness (QED) is 0.108. The Morgan fingerprint density at radius 3 is 2.43 bits per heavy atom. The Balaban J connectivity index is 1.38. The van der Waals surface area contributed by atoms with Crippen LogP contribution >= 0.6 is 11.3 Å². The average Bonchev–Trinajstić information content (AvgIpc) is 3.35. The number of ether oxygens (including phenoxy) is 2. The molecule has 0 spiro atoms. The number of allylic oxidation sites excluding steroid dienone is 1. The Hall–Kier alpha value is -4.23. The molecule has 0 atom stereocenters. The number of hydrogen-bond donors (Lipinski definition) is 0. The van der Waals surface area contributed by atoms with Crippen LogP contribution in [-0.4, -0.2) is 17.8 Å². The first kappa shape index (κ1) is 23.9. The van der Waals surface area contributed by atoms with Crippen LogP contribution < -0.4 is 9.47 Å². The molecule has 0 N–H and O–H groups in total. The van der Waals surface area contributed by atoms with Crippen LogP contribution in [0.5, 0.6) is 11.5 Å². The number of nitro benzene ring substituents is 1. The third-order valence-electron chi connectivity index (χ3n) is 5.28. The van der Waals surface area contributed by atoms with Crippen molar-refractivity contribution in [3.8, 4) is 11.5 Å². The first-order valence-electron chi connectivity index (χ1n) is 10.9. The lowest BCUT2D eigenvalue weighted by atomic mass is 10.1. The van der Waals surface area contributed by atoms with Gasteiger partial charge in [0.15, 0.2) is 17.3 Å². The molecule has 0 aliphatic heterocycles. The third-order valence-corrected chi connectivity index (χ3v) is 6.38. The average molecular weight is 486 g/mol. The molecule has 6 nitrogen and oxygen atoms in total. The highest BCUT2D eigenvalue weighted by Crippen LogP contribution is 2.30. The monoisotopic (exact) mass is 485 g/mol. The minimum atomic E-state index is -0.438. The summed E-state index contributed by atoms with van der Waals surface area (Å²) in [7, 11) is 1.55. The Morgan fingerprint density at radius 2 is 1.71 bits per heavy atom. The van der Waals surface area contributed by atoms with Crippen LogP contribution in [0.1, 0.15) is 31.2 Å². The van der Waals surface area contributed by atoms with Gasteiger partial charge in [-0.2, -0.15) is 0 Å². The van der Waals surface area contributed by atoms with Gasteiger partial charge in [0.2, 0.25) is 0 Å². The largest absolute Gasteiger partial charge is 0.493 e. The van der Waals surface area contributed by atoms with Gasteiger partial charge in [0, 0.05) is 23.4 Å². The maximum Gasteiger partial charge on any atom is 0.269 e. The first-order valence-corrected chi connectivity index (χ1v) is 11.7. The number of hydrogen-bond acceptors (Lipinski definition) is 6. The molecule has 0 amide bonds. The molecule has 0 radical (unpaired) electrons. The molecule has 0 saturated carbocycles. The zero-order valence-electron chi connectivity index (χ0n) is 19.0. The van der Waals surface area contributed by atoms with Crippen molar-refractivity contribution < 1.29 is 19.2 Å². The van der Waals surface area contributed by atoms with Gasteiger partial charge in [-0.3, -0.25) is 14.9 Å². The van der Waals surface area contributed by atoms with Crippen molar-refractivity contribution in [1.82, 2.24) is 0 Å². The van der Waals surface area contributed by atoms with E-state index in [1.54, 1.807) is 43.5 Å². The predicted molar refractivity (Wildman–Crippen MR) is 137 cm³/mol. The van der Waals surface area contributed by atoms with Crippen molar-refractivity contribution >= 4 is 28.9 Å². The minimum Gasteiger partial charge on any atom is -0.493 e. The van der Waals surface area contributed by atoms with E-state index in [4.69, 9.17) is 9.47 Å². The summed E-state index contributed by atoms with van der Waals surface area (Å²) >= 11 is 1.51. The summed E-state index contributed by atoms with van der Waals surface area (Å²) in [6, 6.07) is 25.6. The van der Waals surface area contributed by atoms with Crippen LogP contribution in [-0.2, 0) is 13.0 Å². The molecule has 0 aliphatic rings. The third kappa shape index (κ3) is 6.43. The number of thiophene rings is 1. The fourth-order valence-electron chi connectivity index (χ4n) is 3.44. The lowest BCUT2D eigenvalue weighted by molar-refractivity contribution is -0.384. The van der Waals surface area contributed by atoms with Crippen molar-refractivity contribution in [3.05, 3.63) is 128 Å². The molecule has 0 aliphatic carbocycles. The Bertz CT molecular complexity index is 1340. The van der Waals surface area contributed by atoms with Gasteiger partial charge in [-0.1, -0.05) is 42.5 Å². The molecule has 0 bridgehead atoms. The topological polar surface area (TPSA) is 78.7 Å². The zero-order chi connectivity index (χ0) is 24.6. The summed E-state index contributed by atoms with van der Waals surface area (Å²) in [5.74, 6) is 1.02. The molecular formula is C28H23NO5S. The van der Waals surface area contributed by atoms with Gasteiger partial charge < -0.3 is 9.47 Å². The summed E-state index contributed by atoms with van der Waals surface area (Å²) in [6.45, 7) is 0.242. The van der Waals surface area contributed by atoms with E-state index in [2.05, 4.69) is 12.1 Å². The number of non-ortho nitro benzene ring substituents is 1. The smallest absolute Gasteiger partial charge is 0.269 e. The highest BCUT2D eigenvalue weighted by molar-refractivity contribution is 7.14. The molecular weight excluding hydrogens is 462 g/mol. The molecule has 4 rings (SSSR count). The van der Waals surface area contributed by atoms with E-state index < -0.39 is 4.92 Å². The van der Waals surface area contributed by atoms with Crippen LogP contribution in [0.25, 0.3) is 6.08 Å². The fourth-order valence-corrected chi connectivity index (χ4v) is 4.40. The fraction of sp³-hybridized carbons (Fsp3) is 0.107. The number of carbonyl (C=O) groups is 1. The molecule has 0 saturated heterocycles. The second-order valence-corrected chi connectivity index (χ2v) is 8.92. The van der Waals surface area contributed by atoms with Crippen molar-refractivity contribution in [2.45, 2.75) is 13.0 Å². The number of nitrogens with zero attached hydrogens (tertiary/aromatic N) is 1. The van der Waals surface area contributed by atoms with Gasteiger partial charge in [0.25, 0.3) is 5.69 Å². The zero-order valence-corrected chi connectivity index (χ0v) is 19.9. The molecule has 7 heteroatoms. The standard InChI is InChI=1S/C28H23NO5S/c1-33-27-18-21(10-15-26(27)34-19-22-7-11-23(12-8-22)29(31)32)9-14-25(30)28-16-13-24(35-28)17-20-5-3-2-4-6-20/h2-16,18H,17,19H2,1H3/b14-9+. The van der Waals surface area contributed by atoms with E-state index in [0.717, 1.165) is 22.4 Å². The van der Waals surface area contributed by atoms with E-state index in [0.29, 0.717) is 16.4 Å². The second-order valence-electron chi connectivity index (χ2n) is 7.75. The summed E-state index contributed by atoms with van der Waals surface area (Å²) < 4.78 is 11.3. The van der Waals surface area contributed by atoms with Crippen molar-refractivity contribution in [1.29, 1.82) is 0 Å². The maximum atomic E-state index is 12.7. The summed E-state index contributed by atoms with van der Waals surface area (Å²) in [5.41, 5.74) is 2.85. The van der Waals surface area contributed by atoms with Crippen LogP contribution in [0.2, 0.25) is 0 Å². The summed E-state index contributed by atoms with van der Waals surface area (Å²) in [6.07, 6.45) is 4.12. The Labute approximate surface area is 207 Å². The van der Waals surface area contributed by atoms with E-state index in [-0.39, 0.29) is 18.1 Å². The first-order chi connectivity index (χ1) is 17.0. The van der Waals surface area contributed by atoms with Crippen LogP contribution in [0.4, 0.5) is 5.69 Å². The number of methoxy groups -OCH3 is 1. The predicted octanol–water partition coefficient (Wildman–Crippen LogP) is 6.73. The molecule has 4 aromatic rings. The number of ketones is 1. The molecule has 1 heterocycles. The van der Waals surface area contributed by atoms with E-state index in [1.807, 2.05) is 36.4 Å². The van der Waals surface area contributed by atoms with Gasteiger partial charge in [-0.25, -0.2) is 0 Å². The van der Waals surface area contributed by atoms with Crippen LogP contribution in [0.15, 0.2) is 91.0 Å². The van der Waals surface area contributed by atoms with Gasteiger partial charge in [-0.05, 0) is 59.2 Å². The molecule has 1 aromatic heterocycles. The van der Waals surface area contributed by atoms with E-state index in [1.165, 1.54) is 29.0 Å². The highest BCUT2D eigenvalue weighted by atomic mass is 32.1. The van der Waals surface area contributed by atoms with Gasteiger partial charge in [0.1, 0.15) is 6.61 Å². The number of carbonyl (C=O) groups excluding carboxylic acids is 1. The van der Waals surface area contributed by atoms with E-state index in [9.17, 15) is 14.9 Å². The van der Waals surface area contributed by atoms with Crippen LogP contribution in [0, 0.1) is 10.1 Å². The molecule has 35 heavy (non-hydrogen) atoms. The molecule has 0 fully saturated rings. The maximum absolute atomic E-state index is 12.7. The summed E-state index contributed by atoms with van der Waals surface area (Å²) in [4.78, 5) is 24.8. The van der Waals surface area contributed by atoms with E-state index >= 15 is 0 Å². The Kier molecular flexibility index (Phi) is 7.70. The number of nitro groups is 1. The highest BCUT2D eigenvalue weighted by Gasteiger charge is 2.09. The van der Waals surface area contributed by atoms with Crippen molar-refractivity contribution in [3.63, 3.8) is 0 Å². The molecule has 176 valence electrons. The normalized spacial score (nSPS) is 10.9. The lowest BCUT2D eigenvalue weighted by Gasteiger charge is -2.11. The van der Waals surface area contributed by atoms with Crippen molar-refractivity contribution in [2.24, 2.45) is 0 Å². The Morgan fingerprint density at radius 1 is 0.943 bits per heavy atom. The minimum absolute atomic E-state index is 0.0342. The van der Waals surface area contributed by atoms with Gasteiger partial charge in [-0.15, -0.1) is 11.3 Å². The molecule has 0 unspecified atom stereocenters. The van der Waals surface area contributed by atoms with Crippen LogP contribution in [0.3, 0.4) is 0 Å². The van der Waals surface area contributed by atoms with Gasteiger partial charge in [0.05, 0.1) is 16.9 Å². The number of rotatable bonds is 10. The van der Waals surface area contributed by atoms with Crippen molar-refractivity contribution in [2.75, 3.05) is 7.11 Å². The number of benzene rings is 3. The second kappa shape index (κ2) is 11.3. The van der Waals surface area contributed by atoms with Gasteiger partial charge >= 0.3 is 0 Å². The summed E-state index contributed by atoms with van der Waals surface area (Å²) in [5, 5.41) is 10.8.